The quantitative estimate of drug-likeness (QED) is 0.439. The van der Waals surface area contributed by atoms with Crippen LogP contribution in [-0.4, -0.2) is 78.0 Å². The van der Waals surface area contributed by atoms with Crippen LogP contribution in [0.2, 0.25) is 0 Å². The van der Waals surface area contributed by atoms with E-state index in [1.54, 1.807) is 0 Å². The van der Waals surface area contributed by atoms with Crippen molar-refractivity contribution in [2.24, 2.45) is 0 Å². The van der Waals surface area contributed by atoms with Crippen LogP contribution in [0.25, 0.3) is 0 Å². The Balaban J connectivity index is -0.000000224. The Bertz CT molecular complexity index is 127. The summed E-state index contributed by atoms with van der Waals surface area (Å²) < 4.78 is 0. The second-order valence-corrected chi connectivity index (χ2v) is 17.8. The number of rotatable bonds is 6. The molecule has 0 saturated carbocycles. The molecule has 120 valence electrons. The van der Waals surface area contributed by atoms with Gasteiger partial charge < -0.3 is 0 Å². The Morgan fingerprint density at radius 1 is 0.526 bits per heavy atom. The van der Waals surface area contributed by atoms with Crippen molar-refractivity contribution < 1.29 is 13.4 Å². The zero-order valence-electron chi connectivity index (χ0n) is 13.8. The molecule has 0 radical (unpaired) electrons. The van der Waals surface area contributed by atoms with Crippen LogP contribution in [0.4, 0.5) is 0 Å². The number of hydrogen-bond donors (Lipinski definition) is 0. The first-order chi connectivity index (χ1) is 8.67. The summed E-state index contributed by atoms with van der Waals surface area (Å²) in [5, 5.41) is 0. The average molecular weight is 423 g/mol. The van der Waals surface area contributed by atoms with Gasteiger partial charge in [0, 0.05) is 0 Å². The van der Waals surface area contributed by atoms with Crippen LogP contribution < -0.4 is 0 Å². The molecule has 0 atom stereocenters. The molecule has 0 N–H and O–H groups in total. The third-order valence-electron chi connectivity index (χ3n) is 1.99. The predicted molar refractivity (Wildman–Crippen MR) is 106 cm³/mol. The second-order valence-electron chi connectivity index (χ2n) is 5.27. The molecule has 0 nitrogen and oxygen atoms in total. The zero-order valence-corrected chi connectivity index (χ0v) is 20.1. The first-order valence-electron chi connectivity index (χ1n) is 6.15. The topological polar surface area (TPSA) is 0 Å². The minimum atomic E-state index is -0.181. The van der Waals surface area contributed by atoms with Crippen molar-refractivity contribution in [2.45, 2.75) is 0 Å². The first kappa shape index (κ1) is 26.7. The normalized spacial score (nSPS) is 10.4. The molecule has 0 unspecified atom stereocenters. The van der Waals surface area contributed by atoms with Crippen LogP contribution >= 0.6 is 51.8 Å². The molecule has 0 aromatic rings. The molecule has 0 aliphatic heterocycles. The van der Waals surface area contributed by atoms with Crippen molar-refractivity contribution >= 4 is 51.8 Å². The van der Waals surface area contributed by atoms with Crippen LogP contribution in [0.5, 0.6) is 0 Å². The van der Waals surface area contributed by atoms with Gasteiger partial charge in [0.15, 0.2) is 0 Å². The van der Waals surface area contributed by atoms with Gasteiger partial charge in [-0.3, -0.25) is 0 Å². The molecule has 7 heteroatoms. The van der Waals surface area contributed by atoms with E-state index in [0.29, 0.717) is 31.7 Å². The summed E-state index contributed by atoms with van der Waals surface area (Å²) in [6, 6.07) is 0. The monoisotopic (exact) mass is 422 g/mol. The van der Waals surface area contributed by atoms with Gasteiger partial charge in [-0.1, -0.05) is 0 Å². The van der Waals surface area contributed by atoms with Gasteiger partial charge in [0.05, 0.1) is 0 Å². The first-order valence-corrected chi connectivity index (χ1v) is 19.3. The Hall–Kier alpha value is 2.83. The molecule has 0 aromatic carbocycles. The van der Waals surface area contributed by atoms with Crippen LogP contribution in [0.1, 0.15) is 0 Å². The van der Waals surface area contributed by atoms with Gasteiger partial charge in [-0.2, -0.15) is 0 Å². The van der Waals surface area contributed by atoms with Gasteiger partial charge in [-0.15, -0.1) is 31.7 Å². The molecule has 0 aromatic heterocycles. The van der Waals surface area contributed by atoms with Crippen LogP contribution in [-0.2, 0) is 13.4 Å². The maximum absolute atomic E-state index is 4.83. The van der Waals surface area contributed by atoms with Gasteiger partial charge in [-0.05, 0) is 78.0 Å². The zero-order chi connectivity index (χ0) is 15.8. The summed E-state index contributed by atoms with van der Waals surface area (Å²) >= 11 is -0.181. The Morgan fingerprint density at radius 2 is 0.632 bits per heavy atom. The molecule has 0 bridgehead atoms. The summed E-state index contributed by atoms with van der Waals surface area (Å²) in [6.07, 6.45) is 5.92. The van der Waals surface area contributed by atoms with E-state index in [0.717, 1.165) is 0 Å². The van der Waals surface area contributed by atoms with Crippen molar-refractivity contribution in [1.82, 2.24) is 0 Å². The van der Waals surface area contributed by atoms with Gasteiger partial charge in [0.2, 0.25) is 0 Å². The fourth-order valence-electron chi connectivity index (χ4n) is 0.800. The molecule has 0 spiro atoms. The van der Waals surface area contributed by atoms with E-state index >= 15 is 0 Å². The van der Waals surface area contributed by atoms with Crippen molar-refractivity contribution in [1.29, 1.82) is 0 Å². The van der Waals surface area contributed by atoms with Crippen molar-refractivity contribution in [3.63, 3.8) is 0 Å². The molecule has 0 rings (SSSR count). The summed E-state index contributed by atoms with van der Waals surface area (Å²) in [4.78, 5) is 0. The van der Waals surface area contributed by atoms with E-state index < -0.39 is 0 Å². The van der Waals surface area contributed by atoms with E-state index in [4.69, 9.17) is 20.1 Å². The molecule has 0 fully saturated rings. The SMILES string of the molecule is CP(C)CCP(C)C.CP(C)CCP(C)C.[Cl][Cr][Cl]. The van der Waals surface area contributed by atoms with Gasteiger partial charge in [0.25, 0.3) is 0 Å². The van der Waals surface area contributed by atoms with Crippen molar-refractivity contribution in [2.75, 3.05) is 78.0 Å². The summed E-state index contributed by atoms with van der Waals surface area (Å²) in [5.41, 5.74) is 0. The van der Waals surface area contributed by atoms with E-state index in [1.807, 2.05) is 0 Å². The molecular formula is C12H32Cl2CrP4. The average Bonchev–Trinajstić information content (AvgIpc) is 2.25. The van der Waals surface area contributed by atoms with E-state index in [2.05, 4.69) is 53.3 Å². The fraction of sp³-hybridized carbons (Fsp3) is 1.00. The summed E-state index contributed by atoms with van der Waals surface area (Å²) in [7, 11) is 11.2. The van der Waals surface area contributed by atoms with Gasteiger partial charge >= 0.3 is 33.5 Å². The third-order valence-corrected chi connectivity index (χ3v) is 7.17. The third kappa shape index (κ3) is 44.9. The Morgan fingerprint density at radius 3 is 0.684 bits per heavy atom. The molecule has 0 saturated heterocycles. The summed E-state index contributed by atoms with van der Waals surface area (Å²) in [5.74, 6) is 0. The van der Waals surface area contributed by atoms with Crippen LogP contribution in [0, 0.1) is 0 Å². The maximum atomic E-state index is 4.83. The molecule has 0 heterocycles. The van der Waals surface area contributed by atoms with Gasteiger partial charge in [0.1, 0.15) is 0 Å². The van der Waals surface area contributed by atoms with Gasteiger partial charge in [-0.25, -0.2) is 0 Å². The van der Waals surface area contributed by atoms with Crippen LogP contribution in [0.15, 0.2) is 0 Å². The molecule has 0 aliphatic rings. The summed E-state index contributed by atoms with van der Waals surface area (Å²) in [6.45, 7) is 18.8. The van der Waals surface area contributed by atoms with E-state index in [1.165, 1.54) is 24.6 Å². The Labute approximate surface area is 142 Å². The van der Waals surface area contributed by atoms with E-state index in [9.17, 15) is 0 Å². The fourth-order valence-corrected chi connectivity index (χ4v) is 7.20. The molecule has 0 amide bonds. The Kier molecular flexibility index (Phi) is 29.3. The van der Waals surface area contributed by atoms with Crippen molar-refractivity contribution in [3.05, 3.63) is 0 Å². The molecule has 19 heavy (non-hydrogen) atoms. The predicted octanol–water partition coefficient (Wildman–Crippen LogP) is 6.32. The van der Waals surface area contributed by atoms with E-state index in [-0.39, 0.29) is 13.4 Å². The number of hydrogen-bond acceptors (Lipinski definition) is 0. The number of halogens is 2. The van der Waals surface area contributed by atoms with Crippen molar-refractivity contribution in [3.8, 4) is 0 Å². The second kappa shape index (κ2) is 20.8. The molecule has 0 aliphatic carbocycles. The minimum absolute atomic E-state index is 0.181. The standard InChI is InChI=1S/2C6H16P2.2ClH.Cr/c2*1-7(2)5-6-8(3)4;;;/h2*5-6H2,1-4H3;2*1H;/q;;;;+2/p-2. The molecular weight excluding hydrogens is 391 g/mol. The van der Waals surface area contributed by atoms with Crippen LogP contribution in [0.3, 0.4) is 0 Å².